The molecule has 7 nitrogen and oxygen atoms in total. The van der Waals surface area contributed by atoms with E-state index in [9.17, 15) is 39.6 Å². The number of hydrogen-bond acceptors (Lipinski definition) is 6. The van der Waals surface area contributed by atoms with Crippen molar-refractivity contribution in [2.45, 2.75) is 42.1 Å². The summed E-state index contributed by atoms with van der Waals surface area (Å²) in [6.45, 7) is 0.727. The van der Waals surface area contributed by atoms with Crippen LogP contribution in [0.2, 0.25) is 0 Å². The Balaban J connectivity index is 1.63. The van der Waals surface area contributed by atoms with Crippen LogP contribution in [0.1, 0.15) is 35.3 Å². The zero-order valence-corrected chi connectivity index (χ0v) is 18.5. The number of fused-ring (bicyclic) bond motifs is 1. The molecule has 1 aliphatic carbocycles. The molecule has 1 aromatic carbocycles. The van der Waals surface area contributed by atoms with Gasteiger partial charge in [0.25, 0.3) is 5.91 Å². The van der Waals surface area contributed by atoms with Gasteiger partial charge in [0.2, 0.25) is 5.89 Å². The number of carbonyl (C=O) groups excluding carboxylic acids is 1. The van der Waals surface area contributed by atoms with Gasteiger partial charge in [-0.25, -0.2) is 13.4 Å². The van der Waals surface area contributed by atoms with E-state index in [1.807, 2.05) is 0 Å². The van der Waals surface area contributed by atoms with Gasteiger partial charge in [0, 0.05) is 19.3 Å². The molecule has 0 radical (unpaired) electrons. The summed E-state index contributed by atoms with van der Waals surface area (Å²) in [6, 6.07) is 2.93. The first-order valence-corrected chi connectivity index (χ1v) is 11.8. The minimum absolute atomic E-state index is 0.0833. The normalized spacial score (nSPS) is 23.5. The summed E-state index contributed by atoms with van der Waals surface area (Å²) >= 11 is 0. The van der Waals surface area contributed by atoms with Crippen LogP contribution in [0.5, 0.6) is 5.75 Å². The number of aromatic nitrogens is 1. The monoisotopic (exact) mass is 512 g/mol. The number of carbonyl (C=O) groups is 1. The Hall–Kier alpha value is -2.77. The SMILES string of the molecule is C[C@H](Oc1ccc(S(C)(=O)=O)cc1C(=O)N1CC2C[C@@]2(c2nc(C(F)(F)F)co2)C1)C(F)(F)F. The lowest BCUT2D eigenvalue weighted by Crippen LogP contribution is -2.35. The standard InChI is InChI=1S/C20H18F6N2O5S/c1-10(19(21,22)23)33-14-4-3-12(34(2,30)31)5-13(14)16(29)28-7-11-6-18(11,9-28)17-27-15(8-32-17)20(24,25)26/h3-5,8,10-11H,6-7,9H2,1-2H3/t10-,11?,18+/m0/s1. The fourth-order valence-electron chi connectivity index (χ4n) is 4.04. The van der Waals surface area contributed by atoms with Crippen LogP contribution >= 0.6 is 0 Å². The summed E-state index contributed by atoms with van der Waals surface area (Å²) in [6.07, 6.45) is -9.94. The summed E-state index contributed by atoms with van der Waals surface area (Å²) in [5, 5.41) is 0. The van der Waals surface area contributed by atoms with Crippen molar-refractivity contribution in [2.24, 2.45) is 5.92 Å². The van der Waals surface area contributed by atoms with Gasteiger partial charge in [-0.2, -0.15) is 26.3 Å². The van der Waals surface area contributed by atoms with Gasteiger partial charge in [-0.3, -0.25) is 4.79 Å². The molecule has 0 bridgehead atoms. The molecule has 1 saturated heterocycles. The predicted octanol–water partition coefficient (Wildman–Crippen LogP) is 3.84. The molecule has 4 rings (SSSR count). The molecule has 1 aromatic heterocycles. The smallest absolute Gasteiger partial charge is 0.436 e. The first-order chi connectivity index (χ1) is 15.5. The second-order valence-electron chi connectivity index (χ2n) is 8.51. The third-order valence-corrected chi connectivity index (χ3v) is 7.14. The third-order valence-electron chi connectivity index (χ3n) is 6.03. The maximum absolute atomic E-state index is 13.2. The Bertz CT molecular complexity index is 1240. The van der Waals surface area contributed by atoms with Gasteiger partial charge in [-0.05, 0) is 37.5 Å². The van der Waals surface area contributed by atoms with Crippen LogP contribution in [0.15, 0.2) is 33.8 Å². The molecule has 0 N–H and O–H groups in total. The number of oxazole rings is 1. The average Bonchev–Trinajstić information content (AvgIpc) is 3.07. The second-order valence-corrected chi connectivity index (χ2v) is 10.5. The van der Waals surface area contributed by atoms with Gasteiger partial charge >= 0.3 is 12.4 Å². The lowest BCUT2D eigenvalue weighted by molar-refractivity contribution is -0.189. The van der Waals surface area contributed by atoms with Gasteiger partial charge in [0.15, 0.2) is 21.6 Å². The lowest BCUT2D eigenvalue weighted by atomic mass is 10.1. The highest BCUT2D eigenvalue weighted by Crippen LogP contribution is 2.59. The number of rotatable bonds is 5. The van der Waals surface area contributed by atoms with E-state index in [-0.39, 0.29) is 29.8 Å². The Morgan fingerprint density at radius 2 is 1.94 bits per heavy atom. The largest absolute Gasteiger partial charge is 0.480 e. The van der Waals surface area contributed by atoms with Crippen LogP contribution < -0.4 is 4.74 Å². The molecular formula is C20H18F6N2O5S. The van der Waals surface area contributed by atoms with Crippen molar-refractivity contribution in [3.05, 3.63) is 41.6 Å². The third kappa shape index (κ3) is 4.34. The van der Waals surface area contributed by atoms with Crippen molar-refractivity contribution in [3.63, 3.8) is 0 Å². The van der Waals surface area contributed by atoms with Crippen LogP contribution in [0.4, 0.5) is 26.3 Å². The molecule has 2 aliphatic rings. The van der Waals surface area contributed by atoms with Crippen molar-refractivity contribution in [1.82, 2.24) is 9.88 Å². The van der Waals surface area contributed by atoms with E-state index >= 15 is 0 Å². The number of alkyl halides is 6. The van der Waals surface area contributed by atoms with Crippen molar-refractivity contribution >= 4 is 15.7 Å². The molecule has 1 amide bonds. The van der Waals surface area contributed by atoms with Gasteiger partial charge in [0.1, 0.15) is 12.0 Å². The molecule has 34 heavy (non-hydrogen) atoms. The highest BCUT2D eigenvalue weighted by molar-refractivity contribution is 7.90. The minimum atomic E-state index is -4.74. The van der Waals surface area contributed by atoms with E-state index < -0.39 is 56.6 Å². The summed E-state index contributed by atoms with van der Waals surface area (Å²) in [7, 11) is -3.80. The van der Waals surface area contributed by atoms with Crippen LogP contribution in [0, 0.1) is 5.92 Å². The quantitative estimate of drug-likeness (QED) is 0.566. The number of likely N-dealkylation sites (tertiary alicyclic amines) is 1. The molecule has 14 heteroatoms. The molecule has 0 spiro atoms. The Labute approximate surface area is 189 Å². The zero-order valence-electron chi connectivity index (χ0n) is 17.7. The Morgan fingerprint density at radius 3 is 2.50 bits per heavy atom. The van der Waals surface area contributed by atoms with E-state index in [0.29, 0.717) is 12.7 Å². The van der Waals surface area contributed by atoms with Crippen molar-refractivity contribution in [3.8, 4) is 5.75 Å². The first kappa shape index (κ1) is 24.4. The fourth-order valence-corrected chi connectivity index (χ4v) is 4.69. The molecule has 3 atom stereocenters. The van der Waals surface area contributed by atoms with Crippen LogP contribution in [0.25, 0.3) is 0 Å². The maximum Gasteiger partial charge on any atom is 0.436 e. The summed E-state index contributed by atoms with van der Waals surface area (Å²) in [4.78, 5) is 17.7. The number of halogens is 6. The summed E-state index contributed by atoms with van der Waals surface area (Å²) < 4.78 is 112. The Morgan fingerprint density at radius 1 is 1.26 bits per heavy atom. The predicted molar refractivity (Wildman–Crippen MR) is 103 cm³/mol. The molecule has 186 valence electrons. The molecule has 1 saturated carbocycles. The average molecular weight is 512 g/mol. The number of benzene rings is 1. The van der Waals surface area contributed by atoms with Crippen molar-refractivity contribution in [1.29, 1.82) is 0 Å². The van der Waals surface area contributed by atoms with Crippen molar-refractivity contribution < 1.29 is 48.7 Å². The fraction of sp³-hybridized carbons (Fsp3) is 0.500. The highest BCUT2D eigenvalue weighted by Gasteiger charge is 2.65. The van der Waals surface area contributed by atoms with E-state index in [1.165, 1.54) is 4.90 Å². The summed E-state index contributed by atoms with van der Waals surface area (Å²) in [5.74, 6) is -1.71. The van der Waals surface area contributed by atoms with Gasteiger partial charge < -0.3 is 14.1 Å². The number of sulfone groups is 1. The molecule has 2 fully saturated rings. The first-order valence-electron chi connectivity index (χ1n) is 9.92. The van der Waals surface area contributed by atoms with E-state index in [2.05, 4.69) is 4.98 Å². The maximum atomic E-state index is 13.2. The van der Waals surface area contributed by atoms with E-state index in [4.69, 9.17) is 9.15 Å². The molecular weight excluding hydrogens is 494 g/mol. The number of ether oxygens (including phenoxy) is 1. The van der Waals surface area contributed by atoms with E-state index in [1.54, 1.807) is 0 Å². The second kappa shape index (κ2) is 7.62. The molecule has 1 aliphatic heterocycles. The summed E-state index contributed by atoms with van der Waals surface area (Å²) in [5.41, 5.74) is -2.54. The van der Waals surface area contributed by atoms with Gasteiger partial charge in [-0.15, -0.1) is 0 Å². The van der Waals surface area contributed by atoms with Gasteiger partial charge in [-0.1, -0.05) is 0 Å². The van der Waals surface area contributed by atoms with Crippen LogP contribution in [0.3, 0.4) is 0 Å². The topological polar surface area (TPSA) is 89.7 Å². The van der Waals surface area contributed by atoms with E-state index in [0.717, 1.165) is 31.4 Å². The number of amides is 1. The highest BCUT2D eigenvalue weighted by atomic mass is 32.2. The van der Waals surface area contributed by atoms with Crippen molar-refractivity contribution in [2.75, 3.05) is 19.3 Å². The molecule has 2 aromatic rings. The van der Waals surface area contributed by atoms with Crippen LogP contribution in [-0.2, 0) is 21.4 Å². The number of hydrogen-bond donors (Lipinski definition) is 0. The zero-order chi connectivity index (χ0) is 25.3. The minimum Gasteiger partial charge on any atom is -0.480 e. The molecule has 1 unspecified atom stereocenters. The number of nitrogens with zero attached hydrogens (tertiary/aromatic N) is 2. The Kier molecular flexibility index (Phi) is 5.46. The van der Waals surface area contributed by atoms with Gasteiger partial charge in [0.05, 0.1) is 15.9 Å². The number of piperidine rings is 1. The van der Waals surface area contributed by atoms with Crippen LogP contribution in [-0.4, -0.2) is 55.8 Å². The lowest BCUT2D eigenvalue weighted by Gasteiger charge is -2.24. The molecule has 2 heterocycles.